The van der Waals surface area contributed by atoms with E-state index in [1.54, 1.807) is 43.0 Å². The van der Waals surface area contributed by atoms with Gasteiger partial charge in [0.15, 0.2) is 0 Å². The van der Waals surface area contributed by atoms with Crippen molar-refractivity contribution in [2.75, 3.05) is 4.43 Å². The van der Waals surface area contributed by atoms with Crippen LogP contribution in [0.5, 0.6) is 0 Å². The van der Waals surface area contributed by atoms with Gasteiger partial charge in [-0.25, -0.2) is 0 Å². The number of rotatable bonds is 0. The van der Waals surface area contributed by atoms with Crippen LogP contribution in [0.4, 0.5) is 0 Å². The Kier molecular flexibility index (Phi) is 1.50. The minimum absolute atomic E-state index is 0.639. The Morgan fingerprint density at radius 2 is 2.15 bits per heavy atom. The van der Waals surface area contributed by atoms with Gasteiger partial charge in [0.2, 0.25) is 0 Å². The number of alkyl halides is 2. The van der Waals surface area contributed by atoms with E-state index in [0.29, 0.717) is 21.2 Å². The summed E-state index contributed by atoms with van der Waals surface area (Å²) in [5.41, 5.74) is 0.971. The predicted octanol–water partition coefficient (Wildman–Crippen LogP) is -0.326. The molecule has 4 aliphatic rings. The van der Waals surface area contributed by atoms with Crippen LogP contribution in [0.2, 0.25) is 0 Å². The second-order valence-electron chi connectivity index (χ2n) is 5.73. The summed E-state index contributed by atoms with van der Waals surface area (Å²) in [5, 5.41) is 0. The first-order chi connectivity index (χ1) is 6.40. The molecular weight excluding hydrogens is 271 g/mol. The van der Waals surface area contributed by atoms with Gasteiger partial charge in [0, 0.05) is 0 Å². The number of hydrogen-bond acceptors (Lipinski definition) is 0. The van der Waals surface area contributed by atoms with E-state index in [-0.39, 0.29) is 0 Å². The van der Waals surface area contributed by atoms with Gasteiger partial charge >= 0.3 is 91.3 Å². The predicted molar refractivity (Wildman–Crippen MR) is 49.3 cm³/mol. The molecule has 0 radical (unpaired) electrons. The van der Waals surface area contributed by atoms with Crippen LogP contribution in [0.25, 0.3) is 0 Å². The second-order valence-corrected chi connectivity index (χ2v) is 8.97. The van der Waals surface area contributed by atoms with Crippen molar-refractivity contribution in [3.8, 4) is 0 Å². The summed E-state index contributed by atoms with van der Waals surface area (Å²) in [6.07, 6.45) is 9.79. The molecule has 3 saturated carbocycles. The Bertz CT molecular complexity index is 244. The second kappa shape index (κ2) is 2.45. The topological polar surface area (TPSA) is 0 Å². The molecule has 0 aromatic carbocycles. The molecule has 1 heteroatoms. The molecule has 1 saturated heterocycles. The molecule has 13 heavy (non-hydrogen) atoms. The summed E-state index contributed by atoms with van der Waals surface area (Å²) in [5.74, 6) is 3.71. The summed E-state index contributed by atoms with van der Waals surface area (Å²) < 4.78 is 3.03. The zero-order chi connectivity index (χ0) is 8.47. The zero-order valence-electron chi connectivity index (χ0n) is 8.14. The van der Waals surface area contributed by atoms with Crippen LogP contribution in [0.15, 0.2) is 0 Å². The molecule has 0 N–H and O–H groups in total. The van der Waals surface area contributed by atoms with Crippen molar-refractivity contribution in [3.63, 3.8) is 0 Å². The summed E-state index contributed by atoms with van der Waals surface area (Å²) in [6.45, 7) is 0. The van der Waals surface area contributed by atoms with Crippen molar-refractivity contribution in [2.24, 2.45) is 23.2 Å². The van der Waals surface area contributed by atoms with Crippen molar-refractivity contribution >= 4 is 0 Å². The summed E-state index contributed by atoms with van der Waals surface area (Å²) in [6, 6.07) is 0. The molecular formula is C12H18I-. The van der Waals surface area contributed by atoms with E-state index in [0.717, 1.165) is 5.41 Å². The van der Waals surface area contributed by atoms with Crippen molar-refractivity contribution in [2.45, 2.75) is 42.4 Å². The molecule has 5 atom stereocenters. The molecule has 1 aliphatic heterocycles. The Morgan fingerprint density at radius 1 is 1.15 bits per heavy atom. The van der Waals surface area contributed by atoms with Crippen molar-refractivity contribution in [1.29, 1.82) is 0 Å². The summed E-state index contributed by atoms with van der Waals surface area (Å²) >= 11 is 0.639. The fraction of sp³-hybridized carbons (Fsp3) is 1.00. The quantitative estimate of drug-likeness (QED) is 0.423. The summed E-state index contributed by atoms with van der Waals surface area (Å²) in [7, 11) is 0. The molecule has 4 bridgehead atoms. The maximum absolute atomic E-state index is 1.74. The molecule has 5 unspecified atom stereocenters. The van der Waals surface area contributed by atoms with E-state index in [9.17, 15) is 0 Å². The molecule has 0 spiro atoms. The van der Waals surface area contributed by atoms with Gasteiger partial charge in [-0.1, -0.05) is 0 Å². The van der Waals surface area contributed by atoms with Crippen LogP contribution in [-0.2, 0) is 0 Å². The number of hydrogen-bond donors (Lipinski definition) is 0. The van der Waals surface area contributed by atoms with E-state index < -0.39 is 0 Å². The Morgan fingerprint density at radius 3 is 3.08 bits per heavy atom. The van der Waals surface area contributed by atoms with Crippen LogP contribution >= 0.6 is 0 Å². The molecule has 0 nitrogen and oxygen atoms in total. The molecule has 3 aliphatic carbocycles. The monoisotopic (exact) mass is 289 g/mol. The third-order valence-electron chi connectivity index (χ3n) is 5.49. The normalized spacial score (nSPS) is 63.4. The average Bonchev–Trinajstić information content (AvgIpc) is 2.76. The fourth-order valence-electron chi connectivity index (χ4n) is 5.12. The van der Waals surface area contributed by atoms with Crippen molar-refractivity contribution in [1.82, 2.24) is 0 Å². The standard InChI is InChI=1S/C12H18I/c1-2-10-11-8-3-4-9(6-8)12(11,5-1)7-13-10/h8-11H,1-7H2/q-1. The number of fused-ring (bicyclic) bond motifs is 2. The first-order valence-corrected chi connectivity index (χ1v) is 8.75. The van der Waals surface area contributed by atoms with E-state index in [4.69, 9.17) is 0 Å². The van der Waals surface area contributed by atoms with Gasteiger partial charge in [-0.3, -0.25) is 0 Å². The molecule has 4 rings (SSSR count). The first kappa shape index (κ1) is 7.95. The van der Waals surface area contributed by atoms with Gasteiger partial charge in [0.05, 0.1) is 0 Å². The van der Waals surface area contributed by atoms with E-state index in [2.05, 4.69) is 0 Å². The van der Waals surface area contributed by atoms with Crippen molar-refractivity contribution < 1.29 is 21.2 Å². The molecule has 0 aromatic heterocycles. The van der Waals surface area contributed by atoms with Gasteiger partial charge < -0.3 is 0 Å². The molecule has 1 heterocycles. The van der Waals surface area contributed by atoms with E-state index >= 15 is 0 Å². The van der Waals surface area contributed by atoms with E-state index in [1.165, 1.54) is 21.7 Å². The maximum atomic E-state index is 1.74. The Hall–Kier alpha value is 0.730. The first-order valence-electron chi connectivity index (χ1n) is 5.98. The minimum atomic E-state index is 0.639. The molecule has 0 amide bonds. The van der Waals surface area contributed by atoms with Crippen LogP contribution in [0.3, 0.4) is 0 Å². The SMILES string of the molecule is C1CC2[I-]CC3(C1)C1CCC(C1)C23. The zero-order valence-corrected chi connectivity index (χ0v) is 10.3. The van der Waals surface area contributed by atoms with Gasteiger partial charge in [-0.2, -0.15) is 0 Å². The number of halogens is 1. The van der Waals surface area contributed by atoms with Crippen LogP contribution in [0, 0.1) is 23.2 Å². The van der Waals surface area contributed by atoms with Crippen LogP contribution in [0.1, 0.15) is 38.5 Å². The Balaban J connectivity index is 1.83. The van der Waals surface area contributed by atoms with E-state index in [1.807, 2.05) is 0 Å². The third-order valence-corrected chi connectivity index (χ3v) is 9.88. The average molecular weight is 289 g/mol. The Labute approximate surface area is 91.1 Å². The van der Waals surface area contributed by atoms with Gasteiger partial charge in [0.1, 0.15) is 0 Å². The van der Waals surface area contributed by atoms with Gasteiger partial charge in [-0.05, 0) is 0 Å². The van der Waals surface area contributed by atoms with Crippen molar-refractivity contribution in [3.05, 3.63) is 0 Å². The molecule has 74 valence electrons. The van der Waals surface area contributed by atoms with Gasteiger partial charge in [0.25, 0.3) is 0 Å². The molecule has 4 fully saturated rings. The fourth-order valence-corrected chi connectivity index (χ4v) is 10.7. The van der Waals surface area contributed by atoms with Crippen LogP contribution in [-0.4, -0.2) is 8.35 Å². The third kappa shape index (κ3) is 0.803. The van der Waals surface area contributed by atoms with Gasteiger partial charge in [-0.15, -0.1) is 0 Å². The van der Waals surface area contributed by atoms with Crippen LogP contribution < -0.4 is 21.2 Å². The molecule has 0 aromatic rings. The summed E-state index contributed by atoms with van der Waals surface area (Å²) in [4.78, 5) is 0.